The lowest BCUT2D eigenvalue weighted by Gasteiger charge is -2.11. The summed E-state index contributed by atoms with van der Waals surface area (Å²) in [6.45, 7) is 0. The predicted molar refractivity (Wildman–Crippen MR) is 112 cm³/mol. The molecule has 0 amide bonds. The number of fused-ring (bicyclic) bond motifs is 1. The number of nitrogen functional groups attached to an aromatic ring is 1. The van der Waals surface area contributed by atoms with E-state index in [-0.39, 0.29) is 11.3 Å². The lowest BCUT2D eigenvalue weighted by Crippen LogP contribution is -2.18. The van der Waals surface area contributed by atoms with Crippen LogP contribution >= 0.6 is 0 Å². The van der Waals surface area contributed by atoms with E-state index in [1.165, 1.54) is 12.3 Å². The van der Waals surface area contributed by atoms with Gasteiger partial charge < -0.3 is 10.7 Å². The van der Waals surface area contributed by atoms with E-state index < -0.39 is 5.56 Å². The quantitative estimate of drug-likeness (QED) is 0.420. The Morgan fingerprint density at radius 3 is 2.54 bits per heavy atom. The highest BCUT2D eigenvalue weighted by Gasteiger charge is 2.18. The Hall–Kier alpha value is -3.99. The van der Waals surface area contributed by atoms with Crippen molar-refractivity contribution in [2.45, 2.75) is 0 Å². The first-order valence-electron chi connectivity index (χ1n) is 8.77. The number of hydrogen-bond donors (Lipinski definition) is 2. The maximum absolute atomic E-state index is 13.0. The fraction of sp³-hybridized carbons (Fsp3) is 0. The van der Waals surface area contributed by atoms with Gasteiger partial charge in [0, 0.05) is 28.9 Å². The number of anilines is 1. The van der Waals surface area contributed by atoms with E-state index in [4.69, 9.17) is 5.73 Å². The number of benzene rings is 2. The monoisotopic (exact) mass is 367 g/mol. The van der Waals surface area contributed by atoms with Gasteiger partial charge in [0.25, 0.3) is 5.56 Å². The third-order valence-electron chi connectivity index (χ3n) is 4.44. The minimum absolute atomic E-state index is 0.109. The molecular weight excluding hydrogens is 350 g/mol. The number of aromatic amines is 1. The van der Waals surface area contributed by atoms with Crippen molar-refractivity contribution in [2.75, 3.05) is 5.73 Å². The number of rotatable bonds is 4. The van der Waals surface area contributed by atoms with Gasteiger partial charge in [0.15, 0.2) is 5.78 Å². The number of carbonyl (C=O) groups is 1. The fourth-order valence-corrected chi connectivity index (χ4v) is 3.21. The molecule has 5 nitrogen and oxygen atoms in total. The Labute approximate surface area is 161 Å². The van der Waals surface area contributed by atoms with Crippen LogP contribution in [0.3, 0.4) is 0 Å². The van der Waals surface area contributed by atoms with E-state index in [9.17, 15) is 9.59 Å². The summed E-state index contributed by atoms with van der Waals surface area (Å²) in [5.74, 6) is -0.381. The van der Waals surface area contributed by atoms with Gasteiger partial charge in [0.05, 0.1) is 11.3 Å². The molecular formula is C23H17N3O2. The van der Waals surface area contributed by atoms with E-state index in [0.717, 1.165) is 10.9 Å². The number of pyridine rings is 2. The number of nitrogens with zero attached hydrogens (tertiary/aromatic N) is 1. The van der Waals surface area contributed by atoms with Gasteiger partial charge >= 0.3 is 0 Å². The Morgan fingerprint density at radius 1 is 1.00 bits per heavy atom. The molecule has 4 aromatic rings. The number of nitrogens with two attached hydrogens (primary N) is 1. The van der Waals surface area contributed by atoms with Gasteiger partial charge in [-0.2, -0.15) is 0 Å². The van der Waals surface area contributed by atoms with Crippen LogP contribution in [-0.4, -0.2) is 15.8 Å². The summed E-state index contributed by atoms with van der Waals surface area (Å²) in [5.41, 5.74) is 8.73. The minimum Gasteiger partial charge on any atom is -0.397 e. The molecule has 0 radical (unpaired) electrons. The summed E-state index contributed by atoms with van der Waals surface area (Å²) in [7, 11) is 0. The van der Waals surface area contributed by atoms with Gasteiger partial charge in [0.2, 0.25) is 0 Å². The lowest BCUT2D eigenvalue weighted by atomic mass is 9.94. The molecule has 5 heteroatoms. The first-order chi connectivity index (χ1) is 13.6. The molecule has 0 unspecified atom stereocenters. The van der Waals surface area contributed by atoms with E-state index >= 15 is 0 Å². The highest BCUT2D eigenvalue weighted by Crippen LogP contribution is 2.29. The number of ketones is 1. The smallest absolute Gasteiger partial charge is 0.260 e. The Morgan fingerprint density at radius 2 is 1.75 bits per heavy atom. The zero-order chi connectivity index (χ0) is 19.5. The Kier molecular flexibility index (Phi) is 4.56. The van der Waals surface area contributed by atoms with E-state index in [1.807, 2.05) is 54.6 Å². The van der Waals surface area contributed by atoms with Crippen LogP contribution in [0.1, 0.15) is 15.9 Å². The van der Waals surface area contributed by atoms with Crippen molar-refractivity contribution in [3.8, 4) is 11.1 Å². The number of aromatic nitrogens is 2. The number of nitrogens with one attached hydrogen (secondary N) is 1. The lowest BCUT2D eigenvalue weighted by molar-refractivity contribution is 0.104. The van der Waals surface area contributed by atoms with Crippen LogP contribution in [0.15, 0.2) is 83.9 Å². The van der Waals surface area contributed by atoms with Crippen LogP contribution in [-0.2, 0) is 0 Å². The van der Waals surface area contributed by atoms with E-state index in [1.54, 1.807) is 18.3 Å². The molecule has 0 fully saturated rings. The van der Waals surface area contributed by atoms with Crippen molar-refractivity contribution < 1.29 is 4.79 Å². The number of allylic oxidation sites excluding steroid dienone is 1. The Bertz CT molecular complexity index is 1260. The number of H-pyrrole nitrogens is 1. The highest BCUT2D eigenvalue weighted by atomic mass is 16.1. The average molecular weight is 367 g/mol. The molecule has 0 aliphatic heterocycles. The predicted octanol–water partition coefficient (Wildman–Crippen LogP) is 4.07. The maximum atomic E-state index is 13.0. The van der Waals surface area contributed by atoms with Crippen molar-refractivity contribution >= 4 is 28.4 Å². The molecule has 2 heterocycles. The summed E-state index contributed by atoms with van der Waals surface area (Å²) in [6.07, 6.45) is 6.11. The van der Waals surface area contributed by atoms with Crippen molar-refractivity contribution in [2.24, 2.45) is 0 Å². The van der Waals surface area contributed by atoms with Crippen LogP contribution in [0.4, 0.5) is 5.69 Å². The molecule has 0 saturated heterocycles. The van der Waals surface area contributed by atoms with Gasteiger partial charge in [-0.1, -0.05) is 48.5 Å². The molecule has 3 N–H and O–H groups in total. The molecule has 0 saturated carbocycles. The van der Waals surface area contributed by atoms with Crippen LogP contribution in [0, 0.1) is 0 Å². The van der Waals surface area contributed by atoms with Gasteiger partial charge in [-0.15, -0.1) is 0 Å². The zero-order valence-corrected chi connectivity index (χ0v) is 14.9. The van der Waals surface area contributed by atoms with Crippen molar-refractivity contribution in [3.63, 3.8) is 0 Å². The third kappa shape index (κ3) is 3.33. The van der Waals surface area contributed by atoms with Crippen LogP contribution in [0.25, 0.3) is 28.1 Å². The normalized spacial score (nSPS) is 11.1. The van der Waals surface area contributed by atoms with Crippen LogP contribution in [0.5, 0.6) is 0 Å². The van der Waals surface area contributed by atoms with E-state index in [2.05, 4.69) is 9.97 Å². The molecule has 0 bridgehead atoms. The van der Waals surface area contributed by atoms with Gasteiger partial charge in [0.1, 0.15) is 0 Å². The second-order valence-electron chi connectivity index (χ2n) is 6.36. The Balaban J connectivity index is 1.90. The standard InChI is InChI=1S/C23H17N3O2/c24-17-12-15(13-25-14-17)10-11-20(27)22-21(16-6-2-1-3-7-16)18-8-4-5-9-19(18)26-23(22)28/h1-14H,24H2,(H,26,28)/b11-10+. The summed E-state index contributed by atoms with van der Waals surface area (Å²) in [5, 5.41) is 0.815. The van der Waals surface area contributed by atoms with Crippen LogP contribution in [0.2, 0.25) is 0 Å². The molecule has 0 aliphatic rings. The van der Waals surface area contributed by atoms with Gasteiger partial charge in [-0.05, 0) is 35.4 Å². The molecule has 28 heavy (non-hydrogen) atoms. The number of hydrogen-bond acceptors (Lipinski definition) is 4. The third-order valence-corrected chi connectivity index (χ3v) is 4.44. The first-order valence-corrected chi connectivity index (χ1v) is 8.77. The van der Waals surface area contributed by atoms with Crippen molar-refractivity contribution in [1.82, 2.24) is 9.97 Å². The topological polar surface area (TPSA) is 88.8 Å². The molecule has 0 atom stereocenters. The molecule has 0 spiro atoms. The number of carbonyl (C=O) groups excluding carboxylic acids is 1. The summed E-state index contributed by atoms with van der Waals surface area (Å²) in [4.78, 5) is 32.6. The largest absolute Gasteiger partial charge is 0.397 e. The molecule has 136 valence electrons. The van der Waals surface area contributed by atoms with Crippen LogP contribution < -0.4 is 11.3 Å². The maximum Gasteiger partial charge on any atom is 0.260 e. The summed E-state index contributed by atoms with van der Waals surface area (Å²) >= 11 is 0. The molecule has 4 rings (SSSR count). The first kappa shape index (κ1) is 17.4. The minimum atomic E-state index is -0.419. The van der Waals surface area contributed by atoms with Crippen molar-refractivity contribution in [3.05, 3.63) is 101 Å². The summed E-state index contributed by atoms with van der Waals surface area (Å²) in [6, 6.07) is 18.6. The van der Waals surface area contributed by atoms with Crippen molar-refractivity contribution in [1.29, 1.82) is 0 Å². The molecule has 0 aliphatic carbocycles. The second kappa shape index (κ2) is 7.32. The SMILES string of the molecule is Nc1cncc(/C=C/C(=O)c2c(-c3ccccc3)c3ccccc3[nH]c2=O)c1. The van der Waals surface area contributed by atoms with E-state index in [0.29, 0.717) is 22.3 Å². The van der Waals surface area contributed by atoms with Gasteiger partial charge in [-0.3, -0.25) is 14.6 Å². The second-order valence-corrected chi connectivity index (χ2v) is 6.36. The molecule has 2 aromatic heterocycles. The summed E-state index contributed by atoms with van der Waals surface area (Å²) < 4.78 is 0. The molecule has 2 aromatic carbocycles. The fourth-order valence-electron chi connectivity index (χ4n) is 3.21. The average Bonchev–Trinajstić information content (AvgIpc) is 2.71. The number of para-hydroxylation sites is 1. The zero-order valence-electron chi connectivity index (χ0n) is 14.9. The highest BCUT2D eigenvalue weighted by molar-refractivity contribution is 6.15. The van der Waals surface area contributed by atoms with Gasteiger partial charge in [-0.25, -0.2) is 0 Å².